The number of hydrogen-bond donors (Lipinski definition) is 0. The van der Waals surface area contributed by atoms with Crippen molar-refractivity contribution in [3.8, 4) is 11.5 Å². The molecule has 4 bridgehead atoms. The van der Waals surface area contributed by atoms with Crippen molar-refractivity contribution in [1.82, 2.24) is 0 Å². The lowest BCUT2D eigenvalue weighted by atomic mass is 9.58. The summed E-state index contributed by atoms with van der Waals surface area (Å²) < 4.78 is 11.4. The maximum absolute atomic E-state index is 13.4. The molecule has 6 aliphatic rings. The van der Waals surface area contributed by atoms with Gasteiger partial charge in [-0.1, -0.05) is 6.07 Å². The van der Waals surface area contributed by atoms with Gasteiger partial charge in [-0.3, -0.25) is 9.59 Å². The van der Waals surface area contributed by atoms with Gasteiger partial charge >= 0.3 is 5.97 Å². The maximum Gasteiger partial charge on any atom is 0.317 e. The zero-order chi connectivity index (χ0) is 20.8. The van der Waals surface area contributed by atoms with Gasteiger partial charge in [0.2, 0.25) is 0 Å². The van der Waals surface area contributed by atoms with E-state index in [-0.39, 0.29) is 16.8 Å². The maximum atomic E-state index is 13.4. The molecular formula is C26H34O4. The van der Waals surface area contributed by atoms with Crippen molar-refractivity contribution < 1.29 is 19.1 Å². The topological polar surface area (TPSA) is 52.6 Å². The largest absolute Gasteiger partial charge is 0.497 e. The highest BCUT2D eigenvalue weighted by Gasteiger charge is 2.48. The summed E-state index contributed by atoms with van der Waals surface area (Å²) >= 11 is 0. The first-order chi connectivity index (χ1) is 14.5. The van der Waals surface area contributed by atoms with E-state index in [4.69, 9.17) is 9.47 Å². The minimum absolute atomic E-state index is 0.0982. The summed E-state index contributed by atoms with van der Waals surface area (Å²) in [5.74, 6) is 3.06. The van der Waals surface area contributed by atoms with Gasteiger partial charge in [-0.25, -0.2) is 0 Å². The summed E-state index contributed by atoms with van der Waals surface area (Å²) in [6.45, 7) is 0. The Morgan fingerprint density at radius 2 is 1.40 bits per heavy atom. The quantitative estimate of drug-likeness (QED) is 0.449. The van der Waals surface area contributed by atoms with Gasteiger partial charge in [0.25, 0.3) is 0 Å². The van der Waals surface area contributed by atoms with Crippen LogP contribution in [0.2, 0.25) is 0 Å². The van der Waals surface area contributed by atoms with Gasteiger partial charge in [0.15, 0.2) is 0 Å². The van der Waals surface area contributed by atoms with Gasteiger partial charge in [0.1, 0.15) is 17.3 Å². The Balaban J connectivity index is 1.36. The smallest absolute Gasteiger partial charge is 0.317 e. The molecule has 0 aromatic heterocycles. The standard InChI is InChI=1S/C26H34O4/c1-29-21-3-2-20(16-23(27)25-10-4-18(5-11-25)6-12-25)22(17-21)30-24(28)26-13-7-19(8-14-26)9-15-26/h2-3,17-19H,4-16H2,1H3. The molecule has 0 saturated heterocycles. The fourth-order valence-corrected chi connectivity index (χ4v) is 6.69. The van der Waals surface area contributed by atoms with Crippen molar-refractivity contribution in [2.45, 2.75) is 83.5 Å². The summed E-state index contributed by atoms with van der Waals surface area (Å²) in [5.41, 5.74) is 0.368. The van der Waals surface area contributed by atoms with Crippen LogP contribution in [-0.4, -0.2) is 18.9 Å². The molecule has 0 amide bonds. The minimum atomic E-state index is -0.320. The SMILES string of the molecule is COc1ccc(CC(=O)C23CCC(CC2)CC3)c(OC(=O)C23CCC(CC2)CC3)c1. The third kappa shape index (κ3) is 3.46. The molecule has 162 valence electrons. The van der Waals surface area contributed by atoms with Crippen LogP contribution < -0.4 is 9.47 Å². The molecular weight excluding hydrogens is 376 g/mol. The first-order valence-electron chi connectivity index (χ1n) is 11.9. The van der Waals surface area contributed by atoms with Crippen LogP contribution in [0, 0.1) is 22.7 Å². The van der Waals surface area contributed by atoms with Crippen molar-refractivity contribution in [2.75, 3.05) is 7.11 Å². The van der Waals surface area contributed by atoms with Gasteiger partial charge < -0.3 is 9.47 Å². The van der Waals surface area contributed by atoms with Gasteiger partial charge in [0.05, 0.1) is 12.5 Å². The van der Waals surface area contributed by atoms with Crippen molar-refractivity contribution in [3.05, 3.63) is 23.8 Å². The van der Waals surface area contributed by atoms with Gasteiger partial charge in [0, 0.05) is 23.5 Å². The van der Waals surface area contributed by atoms with Crippen molar-refractivity contribution in [1.29, 1.82) is 0 Å². The van der Waals surface area contributed by atoms with E-state index in [1.165, 1.54) is 19.3 Å². The van der Waals surface area contributed by atoms with Crippen LogP contribution in [0.5, 0.6) is 11.5 Å². The molecule has 0 heterocycles. The normalized spacial score (nSPS) is 34.6. The molecule has 6 saturated carbocycles. The Labute approximate surface area is 179 Å². The molecule has 1 aromatic carbocycles. The third-order valence-corrected chi connectivity index (χ3v) is 9.04. The van der Waals surface area contributed by atoms with E-state index in [0.717, 1.165) is 75.2 Å². The number of methoxy groups -OCH3 is 1. The number of carbonyl (C=O) groups is 2. The predicted octanol–water partition coefficient (Wildman–Crippen LogP) is 5.65. The van der Waals surface area contributed by atoms with E-state index in [2.05, 4.69) is 0 Å². The number of fused-ring (bicyclic) bond motifs is 6. The number of esters is 1. The van der Waals surface area contributed by atoms with Crippen molar-refractivity contribution >= 4 is 11.8 Å². The highest BCUT2D eigenvalue weighted by Crippen LogP contribution is 2.52. The van der Waals surface area contributed by atoms with Gasteiger partial charge in [-0.2, -0.15) is 0 Å². The second-order valence-electron chi connectivity index (χ2n) is 10.5. The highest BCUT2D eigenvalue weighted by molar-refractivity contribution is 5.88. The molecule has 0 atom stereocenters. The summed E-state index contributed by atoms with van der Waals surface area (Å²) in [4.78, 5) is 26.7. The number of ketones is 1. The van der Waals surface area contributed by atoms with Crippen LogP contribution in [0.25, 0.3) is 0 Å². The molecule has 6 aliphatic carbocycles. The number of rotatable bonds is 6. The number of carbonyl (C=O) groups excluding carboxylic acids is 2. The molecule has 30 heavy (non-hydrogen) atoms. The number of Topliss-reactive ketones (excluding diaryl/α,β-unsaturated/α-hetero) is 1. The van der Waals surface area contributed by atoms with E-state index in [0.29, 0.717) is 23.7 Å². The molecule has 4 nitrogen and oxygen atoms in total. The second kappa shape index (κ2) is 7.69. The van der Waals surface area contributed by atoms with E-state index < -0.39 is 0 Å². The average Bonchev–Trinajstić information content (AvgIpc) is 2.82. The van der Waals surface area contributed by atoms with Crippen molar-refractivity contribution in [3.63, 3.8) is 0 Å². The molecule has 0 radical (unpaired) electrons. The molecule has 0 spiro atoms. The Kier molecular flexibility index (Phi) is 5.15. The van der Waals surface area contributed by atoms with E-state index in [1.807, 2.05) is 12.1 Å². The van der Waals surface area contributed by atoms with E-state index >= 15 is 0 Å². The van der Waals surface area contributed by atoms with Crippen LogP contribution >= 0.6 is 0 Å². The molecule has 0 unspecified atom stereocenters. The first kappa shape index (κ1) is 20.1. The summed E-state index contributed by atoms with van der Waals surface area (Å²) in [5, 5.41) is 0. The average molecular weight is 411 g/mol. The highest BCUT2D eigenvalue weighted by atomic mass is 16.5. The zero-order valence-electron chi connectivity index (χ0n) is 18.2. The lowest BCUT2D eigenvalue weighted by molar-refractivity contribution is -0.152. The Morgan fingerprint density at radius 1 is 0.867 bits per heavy atom. The predicted molar refractivity (Wildman–Crippen MR) is 115 cm³/mol. The number of hydrogen-bond acceptors (Lipinski definition) is 4. The molecule has 1 aromatic rings. The molecule has 7 rings (SSSR count). The number of benzene rings is 1. The molecule has 0 aliphatic heterocycles. The fraction of sp³-hybridized carbons (Fsp3) is 0.692. The van der Waals surface area contributed by atoms with Crippen molar-refractivity contribution in [2.24, 2.45) is 22.7 Å². The molecule has 6 fully saturated rings. The number of ether oxygens (including phenoxy) is 2. The first-order valence-corrected chi connectivity index (χ1v) is 11.9. The monoisotopic (exact) mass is 410 g/mol. The minimum Gasteiger partial charge on any atom is -0.497 e. The van der Waals surface area contributed by atoms with Gasteiger partial charge in [-0.15, -0.1) is 0 Å². The van der Waals surface area contributed by atoms with E-state index in [1.54, 1.807) is 13.2 Å². The van der Waals surface area contributed by atoms with Crippen LogP contribution in [0.4, 0.5) is 0 Å². The van der Waals surface area contributed by atoms with Crippen LogP contribution in [0.3, 0.4) is 0 Å². The summed E-state index contributed by atoms with van der Waals surface area (Å²) in [7, 11) is 1.62. The lowest BCUT2D eigenvalue weighted by Crippen LogP contribution is -2.43. The third-order valence-electron chi connectivity index (χ3n) is 9.04. The Morgan fingerprint density at radius 3 is 1.93 bits per heavy atom. The Hall–Kier alpha value is -1.84. The lowest BCUT2D eigenvalue weighted by Gasteiger charge is -2.45. The molecule has 4 heteroatoms. The van der Waals surface area contributed by atoms with Gasteiger partial charge in [-0.05, 0) is 95.0 Å². The fourth-order valence-electron chi connectivity index (χ4n) is 6.69. The second-order valence-corrected chi connectivity index (χ2v) is 10.5. The van der Waals surface area contributed by atoms with E-state index in [9.17, 15) is 9.59 Å². The van der Waals surface area contributed by atoms with Crippen LogP contribution in [0.15, 0.2) is 18.2 Å². The van der Waals surface area contributed by atoms with Crippen LogP contribution in [-0.2, 0) is 16.0 Å². The van der Waals surface area contributed by atoms with Crippen LogP contribution in [0.1, 0.15) is 82.6 Å². The Bertz CT molecular complexity index is 798. The molecule has 0 N–H and O–H groups in total. The zero-order valence-corrected chi connectivity index (χ0v) is 18.2. The summed E-state index contributed by atoms with van der Waals surface area (Å²) in [6, 6.07) is 5.58. The summed E-state index contributed by atoms with van der Waals surface area (Å²) in [6.07, 6.45) is 13.3.